The topological polar surface area (TPSA) is 23.6 Å². The van der Waals surface area contributed by atoms with Crippen LogP contribution in [0.4, 0.5) is 0 Å². The number of carbonyl (C=O) groups excluding carboxylic acids is 1. The minimum absolute atomic E-state index is 0.0691. The lowest BCUT2D eigenvalue weighted by atomic mass is 10.4. The fourth-order valence-corrected chi connectivity index (χ4v) is 1.79. The molecule has 0 aromatic carbocycles. The van der Waals surface area contributed by atoms with E-state index in [1.165, 1.54) is 0 Å². The van der Waals surface area contributed by atoms with Crippen LogP contribution in [0.1, 0.15) is 13.3 Å². The van der Waals surface area contributed by atoms with Crippen LogP contribution in [0.15, 0.2) is 0 Å². The molecule has 1 aliphatic heterocycles. The van der Waals surface area contributed by atoms with Crippen molar-refractivity contribution in [2.75, 3.05) is 38.6 Å². The second-order valence-electron chi connectivity index (χ2n) is 3.30. The van der Waals surface area contributed by atoms with Gasteiger partial charge in [-0.3, -0.25) is 4.79 Å². The lowest BCUT2D eigenvalue weighted by Crippen LogP contribution is -2.35. The largest absolute Gasteiger partial charge is 0.340 e. The maximum absolute atomic E-state index is 11.3. The molecule has 0 atom stereocenters. The van der Waals surface area contributed by atoms with Gasteiger partial charge in [0.25, 0.3) is 0 Å². The Morgan fingerprint density at radius 3 is 2.69 bits per heavy atom. The Labute approximate surface area is 84.6 Å². The summed E-state index contributed by atoms with van der Waals surface area (Å²) in [6.07, 6.45) is 1.07. The van der Waals surface area contributed by atoms with Gasteiger partial charge in [0.15, 0.2) is 0 Å². The average Bonchev–Trinajstić information content (AvgIpc) is 2.41. The molecule has 0 aliphatic carbocycles. The van der Waals surface area contributed by atoms with Gasteiger partial charge >= 0.3 is 0 Å². The minimum Gasteiger partial charge on any atom is -0.340 e. The van der Waals surface area contributed by atoms with Gasteiger partial charge in [-0.05, 0) is 19.5 Å². The Hall–Kier alpha value is -0.280. The fourth-order valence-electron chi connectivity index (χ4n) is 1.62. The number of amides is 1. The van der Waals surface area contributed by atoms with E-state index < -0.39 is 0 Å². The zero-order valence-corrected chi connectivity index (χ0v) is 8.89. The van der Waals surface area contributed by atoms with Crippen LogP contribution in [0.2, 0.25) is 0 Å². The van der Waals surface area contributed by atoms with E-state index in [0.29, 0.717) is 0 Å². The number of nitrogens with zero attached hydrogens (tertiary/aromatic N) is 2. The zero-order chi connectivity index (χ0) is 9.68. The first-order chi connectivity index (χ1) is 6.27. The van der Waals surface area contributed by atoms with Crippen LogP contribution in [0.5, 0.6) is 0 Å². The molecule has 1 aliphatic rings. The third kappa shape index (κ3) is 3.16. The molecule has 0 N–H and O–H groups in total. The van der Waals surface area contributed by atoms with Crippen LogP contribution in [0.25, 0.3) is 0 Å². The van der Waals surface area contributed by atoms with E-state index >= 15 is 0 Å². The molecule has 0 spiro atoms. The molecular weight excluding hydrogens is 188 g/mol. The van der Waals surface area contributed by atoms with Crippen LogP contribution in [0, 0.1) is 0 Å². The Morgan fingerprint density at radius 2 is 2.08 bits per heavy atom. The highest BCUT2D eigenvalue weighted by Gasteiger charge is 2.16. The highest BCUT2D eigenvalue weighted by molar-refractivity contribution is 6.27. The molecule has 13 heavy (non-hydrogen) atoms. The number of rotatable bonds is 2. The average molecular weight is 205 g/mol. The van der Waals surface area contributed by atoms with Crippen LogP contribution >= 0.6 is 11.6 Å². The molecule has 0 aromatic rings. The van der Waals surface area contributed by atoms with Crippen molar-refractivity contribution < 1.29 is 4.79 Å². The van der Waals surface area contributed by atoms with Crippen molar-refractivity contribution in [3.63, 3.8) is 0 Å². The lowest BCUT2D eigenvalue weighted by molar-refractivity contribution is -0.128. The fraction of sp³-hybridized carbons (Fsp3) is 0.889. The molecule has 1 fully saturated rings. The summed E-state index contributed by atoms with van der Waals surface area (Å²) >= 11 is 5.50. The third-order valence-electron chi connectivity index (χ3n) is 2.50. The lowest BCUT2D eigenvalue weighted by Gasteiger charge is -2.20. The summed E-state index contributed by atoms with van der Waals surface area (Å²) in [7, 11) is 0. The van der Waals surface area contributed by atoms with Crippen LogP contribution in [0.3, 0.4) is 0 Å². The summed E-state index contributed by atoms with van der Waals surface area (Å²) < 4.78 is 0. The zero-order valence-electron chi connectivity index (χ0n) is 8.13. The molecular formula is C9H17ClN2O. The third-order valence-corrected chi connectivity index (χ3v) is 2.73. The molecule has 1 rings (SSSR count). The van der Waals surface area contributed by atoms with E-state index in [2.05, 4.69) is 11.8 Å². The van der Waals surface area contributed by atoms with Gasteiger partial charge < -0.3 is 9.80 Å². The summed E-state index contributed by atoms with van der Waals surface area (Å²) in [6.45, 7) is 7.01. The van der Waals surface area contributed by atoms with Crippen molar-refractivity contribution in [1.29, 1.82) is 0 Å². The maximum atomic E-state index is 11.3. The van der Waals surface area contributed by atoms with E-state index in [-0.39, 0.29) is 11.8 Å². The predicted octanol–water partition coefficient (Wildman–Crippen LogP) is 0.779. The van der Waals surface area contributed by atoms with Crippen molar-refractivity contribution in [2.24, 2.45) is 0 Å². The Balaban J connectivity index is 2.40. The Kier molecular flexibility index (Phi) is 4.53. The second-order valence-corrected chi connectivity index (χ2v) is 3.57. The van der Waals surface area contributed by atoms with Gasteiger partial charge in [-0.25, -0.2) is 0 Å². The first-order valence-corrected chi connectivity index (χ1v) is 5.37. The highest BCUT2D eigenvalue weighted by atomic mass is 35.5. The molecule has 0 radical (unpaired) electrons. The van der Waals surface area contributed by atoms with Gasteiger partial charge in [0.2, 0.25) is 5.91 Å². The second kappa shape index (κ2) is 5.45. The summed E-state index contributed by atoms with van der Waals surface area (Å²) in [5, 5.41) is 0. The molecule has 1 saturated heterocycles. The minimum atomic E-state index is 0.0691. The maximum Gasteiger partial charge on any atom is 0.237 e. The first kappa shape index (κ1) is 10.8. The number of hydrogen-bond donors (Lipinski definition) is 0. The highest BCUT2D eigenvalue weighted by Crippen LogP contribution is 2.03. The molecule has 1 amide bonds. The molecule has 0 bridgehead atoms. The van der Waals surface area contributed by atoms with E-state index in [1.807, 2.05) is 4.90 Å². The van der Waals surface area contributed by atoms with Gasteiger partial charge in [0.05, 0.1) is 0 Å². The predicted molar refractivity (Wildman–Crippen MR) is 54.0 cm³/mol. The molecule has 1 heterocycles. The van der Waals surface area contributed by atoms with E-state index in [0.717, 1.165) is 39.1 Å². The number of hydrogen-bond acceptors (Lipinski definition) is 2. The van der Waals surface area contributed by atoms with E-state index in [4.69, 9.17) is 11.6 Å². The smallest absolute Gasteiger partial charge is 0.237 e. The van der Waals surface area contributed by atoms with Gasteiger partial charge in [-0.1, -0.05) is 6.92 Å². The number of carbonyl (C=O) groups is 1. The van der Waals surface area contributed by atoms with Gasteiger partial charge in [-0.2, -0.15) is 0 Å². The standard InChI is InChI=1S/C9H17ClN2O/c1-2-11-4-3-5-12(7-6-11)9(13)8-10/h2-8H2,1H3. The number of halogens is 1. The molecule has 3 nitrogen and oxygen atoms in total. The summed E-state index contributed by atoms with van der Waals surface area (Å²) in [4.78, 5) is 15.5. The normalized spacial score (nSPS) is 20.0. The summed E-state index contributed by atoms with van der Waals surface area (Å²) in [5.74, 6) is 0.186. The van der Waals surface area contributed by atoms with Gasteiger partial charge in [-0.15, -0.1) is 11.6 Å². The first-order valence-electron chi connectivity index (χ1n) is 4.84. The molecule has 76 valence electrons. The van der Waals surface area contributed by atoms with Crippen molar-refractivity contribution in [2.45, 2.75) is 13.3 Å². The number of alkyl halides is 1. The van der Waals surface area contributed by atoms with Crippen molar-refractivity contribution in [1.82, 2.24) is 9.80 Å². The van der Waals surface area contributed by atoms with Crippen LogP contribution < -0.4 is 0 Å². The van der Waals surface area contributed by atoms with E-state index in [9.17, 15) is 4.79 Å². The Morgan fingerprint density at radius 1 is 1.31 bits per heavy atom. The van der Waals surface area contributed by atoms with Crippen LogP contribution in [-0.4, -0.2) is 54.3 Å². The van der Waals surface area contributed by atoms with Crippen molar-refractivity contribution in [3.05, 3.63) is 0 Å². The van der Waals surface area contributed by atoms with Gasteiger partial charge in [0, 0.05) is 19.6 Å². The molecule has 0 unspecified atom stereocenters. The van der Waals surface area contributed by atoms with E-state index in [1.54, 1.807) is 0 Å². The Bertz CT molecular complexity index is 175. The van der Waals surface area contributed by atoms with Crippen molar-refractivity contribution >= 4 is 17.5 Å². The molecule has 4 heteroatoms. The van der Waals surface area contributed by atoms with Crippen LogP contribution in [-0.2, 0) is 4.79 Å². The SMILES string of the molecule is CCN1CCCN(C(=O)CCl)CC1. The summed E-state index contributed by atoms with van der Waals surface area (Å²) in [5.41, 5.74) is 0. The molecule has 0 saturated carbocycles. The quantitative estimate of drug-likeness (QED) is 0.621. The monoisotopic (exact) mass is 204 g/mol. The number of likely N-dealkylation sites (N-methyl/N-ethyl adjacent to an activating group) is 1. The summed E-state index contributed by atoms with van der Waals surface area (Å²) in [6, 6.07) is 0. The van der Waals surface area contributed by atoms with Gasteiger partial charge in [0.1, 0.15) is 5.88 Å². The molecule has 0 aromatic heterocycles. The van der Waals surface area contributed by atoms with Crippen molar-refractivity contribution in [3.8, 4) is 0 Å².